The second-order valence-corrected chi connectivity index (χ2v) is 4.34. The number of aliphatic carboxylic acids is 1. The Morgan fingerprint density at radius 2 is 1.93 bits per heavy atom. The van der Waals surface area contributed by atoms with Gasteiger partial charge in [0.15, 0.2) is 0 Å². The summed E-state index contributed by atoms with van der Waals surface area (Å²) in [4.78, 5) is 22.1. The molecule has 86 valence electrons. The molecule has 0 aromatic rings. The van der Waals surface area contributed by atoms with E-state index in [-0.39, 0.29) is 24.3 Å². The average molecular weight is 213 g/mol. The van der Waals surface area contributed by atoms with Crippen molar-refractivity contribution in [2.75, 3.05) is 0 Å². The number of amides is 1. The van der Waals surface area contributed by atoms with Crippen molar-refractivity contribution >= 4 is 11.9 Å². The number of carbonyl (C=O) groups excluding carboxylic acids is 1. The molecule has 15 heavy (non-hydrogen) atoms. The second-order valence-electron chi connectivity index (χ2n) is 4.34. The first-order valence-corrected chi connectivity index (χ1v) is 5.61. The van der Waals surface area contributed by atoms with Crippen molar-refractivity contribution in [1.29, 1.82) is 0 Å². The van der Waals surface area contributed by atoms with Gasteiger partial charge in [0.1, 0.15) is 0 Å². The Labute approximate surface area is 90.0 Å². The number of hydrogen-bond donors (Lipinski definition) is 2. The van der Waals surface area contributed by atoms with Crippen LogP contribution in [-0.2, 0) is 9.59 Å². The van der Waals surface area contributed by atoms with Crippen LogP contribution < -0.4 is 5.32 Å². The van der Waals surface area contributed by atoms with Crippen LogP contribution in [0.2, 0.25) is 0 Å². The third kappa shape index (κ3) is 4.32. The van der Waals surface area contributed by atoms with Crippen molar-refractivity contribution in [1.82, 2.24) is 5.32 Å². The van der Waals surface area contributed by atoms with Crippen LogP contribution in [0.3, 0.4) is 0 Å². The predicted molar refractivity (Wildman–Crippen MR) is 56.4 cm³/mol. The summed E-state index contributed by atoms with van der Waals surface area (Å²) in [6, 6.07) is -0.267. The molecule has 1 aliphatic carbocycles. The van der Waals surface area contributed by atoms with E-state index in [0.717, 1.165) is 25.7 Å². The van der Waals surface area contributed by atoms with Gasteiger partial charge in [0.2, 0.25) is 5.91 Å². The van der Waals surface area contributed by atoms with Crippen molar-refractivity contribution < 1.29 is 14.7 Å². The summed E-state index contributed by atoms with van der Waals surface area (Å²) in [5.74, 6) is -0.732. The molecule has 0 aromatic carbocycles. The monoisotopic (exact) mass is 213 g/mol. The van der Waals surface area contributed by atoms with E-state index in [0.29, 0.717) is 0 Å². The van der Waals surface area contributed by atoms with Gasteiger partial charge >= 0.3 is 5.97 Å². The smallest absolute Gasteiger partial charge is 0.305 e. The van der Waals surface area contributed by atoms with Gasteiger partial charge in [-0.3, -0.25) is 9.59 Å². The highest BCUT2D eigenvalue weighted by atomic mass is 16.4. The Hall–Kier alpha value is -1.06. The minimum atomic E-state index is -0.869. The standard InChI is InChI=1S/C11H19NO3/c1-8(7-10(13)14)12-11(15)9-5-3-2-4-6-9/h8-9H,2-7H2,1H3,(H,12,15)(H,13,14)/t8-/m0/s1. The fraction of sp³-hybridized carbons (Fsp3) is 0.818. The lowest BCUT2D eigenvalue weighted by Gasteiger charge is -2.22. The van der Waals surface area contributed by atoms with Crippen molar-refractivity contribution in [2.45, 2.75) is 51.5 Å². The van der Waals surface area contributed by atoms with Crippen LogP contribution in [0.1, 0.15) is 45.4 Å². The number of nitrogens with one attached hydrogen (secondary N) is 1. The molecule has 1 saturated carbocycles. The van der Waals surface area contributed by atoms with Crippen LogP contribution in [0.5, 0.6) is 0 Å². The summed E-state index contributed by atoms with van der Waals surface area (Å²) in [6.07, 6.45) is 5.35. The van der Waals surface area contributed by atoms with Crippen LogP contribution in [0.15, 0.2) is 0 Å². The number of rotatable bonds is 4. The van der Waals surface area contributed by atoms with E-state index in [1.54, 1.807) is 6.92 Å². The molecule has 0 saturated heterocycles. The lowest BCUT2D eigenvalue weighted by molar-refractivity contribution is -0.137. The van der Waals surface area contributed by atoms with E-state index in [9.17, 15) is 9.59 Å². The topological polar surface area (TPSA) is 66.4 Å². The first kappa shape index (κ1) is 12.0. The molecule has 1 fully saturated rings. The maximum Gasteiger partial charge on any atom is 0.305 e. The molecule has 4 heteroatoms. The minimum Gasteiger partial charge on any atom is -0.481 e. The molecule has 0 spiro atoms. The maximum absolute atomic E-state index is 11.7. The van der Waals surface area contributed by atoms with Crippen molar-refractivity contribution in [3.05, 3.63) is 0 Å². The van der Waals surface area contributed by atoms with Crippen molar-refractivity contribution in [3.63, 3.8) is 0 Å². The van der Waals surface area contributed by atoms with Crippen LogP contribution in [0.4, 0.5) is 0 Å². The minimum absolute atomic E-state index is 0.00153. The van der Waals surface area contributed by atoms with E-state index in [2.05, 4.69) is 5.32 Å². The first-order chi connectivity index (χ1) is 7.09. The first-order valence-electron chi connectivity index (χ1n) is 5.61. The average Bonchev–Trinajstić information content (AvgIpc) is 2.17. The molecule has 1 amide bonds. The van der Waals surface area contributed by atoms with Gasteiger partial charge < -0.3 is 10.4 Å². The zero-order valence-corrected chi connectivity index (χ0v) is 9.16. The van der Waals surface area contributed by atoms with Crippen LogP contribution in [-0.4, -0.2) is 23.0 Å². The summed E-state index contributed by atoms with van der Waals surface area (Å²) in [5.41, 5.74) is 0. The molecule has 0 radical (unpaired) electrons. The Morgan fingerprint density at radius 3 is 2.47 bits per heavy atom. The molecule has 4 nitrogen and oxygen atoms in total. The van der Waals surface area contributed by atoms with Crippen LogP contribution >= 0.6 is 0 Å². The summed E-state index contributed by atoms with van der Waals surface area (Å²) < 4.78 is 0. The maximum atomic E-state index is 11.7. The van der Waals surface area contributed by atoms with Crippen molar-refractivity contribution in [2.24, 2.45) is 5.92 Å². The normalized spacial score (nSPS) is 19.5. The van der Waals surface area contributed by atoms with E-state index >= 15 is 0 Å². The summed E-state index contributed by atoms with van der Waals surface area (Å²) in [5, 5.41) is 11.3. The third-order valence-corrected chi connectivity index (χ3v) is 2.85. The number of carboxylic acids is 1. The number of carbonyl (C=O) groups is 2. The molecule has 0 unspecified atom stereocenters. The predicted octanol–water partition coefficient (Wildman–Crippen LogP) is 1.55. The molecule has 0 aromatic heterocycles. The lowest BCUT2D eigenvalue weighted by Crippen LogP contribution is -2.39. The quantitative estimate of drug-likeness (QED) is 0.744. The molecule has 2 N–H and O–H groups in total. The highest BCUT2D eigenvalue weighted by Crippen LogP contribution is 2.23. The molecule has 1 atom stereocenters. The SMILES string of the molecule is C[C@@H](CC(=O)O)NC(=O)C1CCCCC1. The van der Waals surface area contributed by atoms with Gasteiger partial charge in [-0.15, -0.1) is 0 Å². The Balaban J connectivity index is 2.30. The molecule has 0 bridgehead atoms. The van der Waals surface area contributed by atoms with E-state index in [1.807, 2.05) is 0 Å². The van der Waals surface area contributed by atoms with E-state index < -0.39 is 5.97 Å². The molecule has 1 rings (SSSR count). The fourth-order valence-electron chi connectivity index (χ4n) is 2.04. The lowest BCUT2D eigenvalue weighted by atomic mass is 9.88. The highest BCUT2D eigenvalue weighted by Gasteiger charge is 2.22. The molecule has 0 heterocycles. The number of carboxylic acid groups (broad SMARTS) is 1. The molecular weight excluding hydrogens is 194 g/mol. The van der Waals surface area contributed by atoms with Gasteiger partial charge in [0, 0.05) is 12.0 Å². The van der Waals surface area contributed by atoms with Gasteiger partial charge in [-0.1, -0.05) is 19.3 Å². The highest BCUT2D eigenvalue weighted by molar-refractivity contribution is 5.79. The molecule has 1 aliphatic rings. The Bertz CT molecular complexity index is 234. The van der Waals surface area contributed by atoms with Gasteiger partial charge in [-0.25, -0.2) is 0 Å². The van der Waals surface area contributed by atoms with Gasteiger partial charge in [-0.05, 0) is 19.8 Å². The van der Waals surface area contributed by atoms with E-state index in [1.165, 1.54) is 6.42 Å². The van der Waals surface area contributed by atoms with Crippen LogP contribution in [0, 0.1) is 5.92 Å². The second kappa shape index (κ2) is 5.73. The zero-order valence-electron chi connectivity index (χ0n) is 9.16. The summed E-state index contributed by atoms with van der Waals surface area (Å²) in [7, 11) is 0. The van der Waals surface area contributed by atoms with Crippen molar-refractivity contribution in [3.8, 4) is 0 Å². The summed E-state index contributed by atoms with van der Waals surface area (Å²) >= 11 is 0. The fourth-order valence-corrected chi connectivity index (χ4v) is 2.04. The Kier molecular flexibility index (Phi) is 4.59. The largest absolute Gasteiger partial charge is 0.481 e. The zero-order chi connectivity index (χ0) is 11.3. The molecular formula is C11H19NO3. The number of hydrogen-bond acceptors (Lipinski definition) is 2. The Morgan fingerprint density at radius 1 is 1.33 bits per heavy atom. The van der Waals surface area contributed by atoms with Gasteiger partial charge in [0.25, 0.3) is 0 Å². The van der Waals surface area contributed by atoms with Gasteiger partial charge in [0.05, 0.1) is 6.42 Å². The summed E-state index contributed by atoms with van der Waals surface area (Å²) in [6.45, 7) is 1.73. The van der Waals surface area contributed by atoms with Gasteiger partial charge in [-0.2, -0.15) is 0 Å². The molecule has 0 aliphatic heterocycles. The van der Waals surface area contributed by atoms with E-state index in [4.69, 9.17) is 5.11 Å². The van der Waals surface area contributed by atoms with Crippen LogP contribution in [0.25, 0.3) is 0 Å². The third-order valence-electron chi connectivity index (χ3n) is 2.85.